The first-order chi connectivity index (χ1) is 9.35. The van der Waals surface area contributed by atoms with Gasteiger partial charge in [-0.15, -0.1) is 11.3 Å². The normalized spacial score (nSPS) is 21.9. The number of ketones is 1. The number of thiophene rings is 1. The number of benzene rings is 1. The van der Waals surface area contributed by atoms with Crippen molar-refractivity contribution >= 4 is 43.2 Å². The highest BCUT2D eigenvalue weighted by Gasteiger charge is 2.47. The Balaban J connectivity index is 2.42. The van der Waals surface area contributed by atoms with Gasteiger partial charge in [-0.3, -0.25) is 4.79 Å². The summed E-state index contributed by atoms with van der Waals surface area (Å²) in [5, 5.41) is 9.54. The summed E-state index contributed by atoms with van der Waals surface area (Å²) in [6.07, 6.45) is 0. The van der Waals surface area contributed by atoms with Crippen molar-refractivity contribution in [3.05, 3.63) is 29.1 Å². The number of carbonyl (C=O) groups excluding carboxylic acids is 1. The fraction of sp³-hybridized carbons (Fsp3) is 0.167. The van der Waals surface area contributed by atoms with Gasteiger partial charge in [0.1, 0.15) is 4.90 Å². The Bertz CT molecular complexity index is 852. The van der Waals surface area contributed by atoms with E-state index in [0.717, 1.165) is 18.4 Å². The standard InChI is InChI=1S/C12H9NO5S2/c1-13-8(12(15)16)9(14)10-11(20(13,17)18)6-4-2-3-5-7(6)19-10/h2-5,8H,1H3,(H,15,16). The van der Waals surface area contributed by atoms with Crippen LogP contribution in [0.3, 0.4) is 0 Å². The number of hydrogen-bond acceptors (Lipinski definition) is 5. The highest BCUT2D eigenvalue weighted by atomic mass is 32.2. The molecule has 1 unspecified atom stereocenters. The van der Waals surface area contributed by atoms with E-state index in [0.29, 0.717) is 14.4 Å². The number of hydrogen-bond donors (Lipinski definition) is 1. The van der Waals surface area contributed by atoms with Crippen molar-refractivity contribution in [2.75, 3.05) is 7.05 Å². The molecule has 1 atom stereocenters. The maximum atomic E-state index is 12.5. The summed E-state index contributed by atoms with van der Waals surface area (Å²) in [5.74, 6) is -2.16. The van der Waals surface area contributed by atoms with Gasteiger partial charge in [0.15, 0.2) is 6.04 Å². The number of carbonyl (C=O) groups is 2. The number of likely N-dealkylation sites (N-methyl/N-ethyl adjacent to an activating group) is 1. The maximum Gasteiger partial charge on any atom is 0.330 e. The lowest BCUT2D eigenvalue weighted by atomic mass is 10.1. The summed E-state index contributed by atoms with van der Waals surface area (Å²) < 4.78 is 26.2. The van der Waals surface area contributed by atoms with E-state index in [4.69, 9.17) is 5.11 Å². The number of rotatable bonds is 1. The first kappa shape index (κ1) is 13.2. The number of aliphatic carboxylic acids is 1. The minimum atomic E-state index is -3.99. The Morgan fingerprint density at radius 2 is 2.00 bits per heavy atom. The number of carboxylic acids is 1. The van der Waals surface area contributed by atoms with E-state index in [2.05, 4.69) is 0 Å². The Labute approximate surface area is 118 Å². The van der Waals surface area contributed by atoms with Crippen molar-refractivity contribution in [2.24, 2.45) is 0 Å². The van der Waals surface area contributed by atoms with E-state index >= 15 is 0 Å². The molecule has 0 fully saturated rings. The molecule has 1 N–H and O–H groups in total. The van der Waals surface area contributed by atoms with Crippen molar-refractivity contribution in [1.82, 2.24) is 4.31 Å². The fourth-order valence-electron chi connectivity index (χ4n) is 2.28. The van der Waals surface area contributed by atoms with Crippen molar-refractivity contribution in [3.8, 4) is 0 Å². The van der Waals surface area contributed by atoms with Crippen LogP contribution in [0.5, 0.6) is 0 Å². The molecule has 1 aromatic carbocycles. The molecule has 0 aliphatic carbocycles. The van der Waals surface area contributed by atoms with Crippen LogP contribution >= 0.6 is 11.3 Å². The molecule has 2 heterocycles. The van der Waals surface area contributed by atoms with Gasteiger partial charge in [-0.1, -0.05) is 18.2 Å². The first-order valence-electron chi connectivity index (χ1n) is 5.62. The quantitative estimate of drug-likeness (QED) is 0.798. The molecule has 0 radical (unpaired) electrons. The number of Topliss-reactive ketones (excluding diaryl/α,β-unsaturated/α-hetero) is 1. The second kappa shape index (κ2) is 4.11. The van der Waals surface area contributed by atoms with E-state index in [1.807, 2.05) is 0 Å². The second-order valence-corrected chi connectivity index (χ2v) is 7.37. The lowest BCUT2D eigenvalue weighted by Gasteiger charge is -2.27. The number of nitrogens with zero attached hydrogens (tertiary/aromatic N) is 1. The van der Waals surface area contributed by atoms with Gasteiger partial charge in [0.2, 0.25) is 15.8 Å². The van der Waals surface area contributed by atoms with Crippen molar-refractivity contribution in [2.45, 2.75) is 10.9 Å². The van der Waals surface area contributed by atoms with Gasteiger partial charge in [-0.2, -0.15) is 4.31 Å². The summed E-state index contributed by atoms with van der Waals surface area (Å²) >= 11 is 1.01. The minimum absolute atomic E-state index is 0.00306. The molecule has 1 aromatic heterocycles. The van der Waals surface area contributed by atoms with Gasteiger partial charge < -0.3 is 5.11 Å². The van der Waals surface area contributed by atoms with Crippen LogP contribution in [0.4, 0.5) is 0 Å². The SMILES string of the molecule is CN1C(C(=O)O)C(=O)c2sc3ccccc3c2S1(=O)=O. The monoisotopic (exact) mass is 311 g/mol. The van der Waals surface area contributed by atoms with E-state index in [1.165, 1.54) is 0 Å². The lowest BCUT2D eigenvalue weighted by molar-refractivity contribution is -0.139. The molecule has 0 spiro atoms. The molecule has 20 heavy (non-hydrogen) atoms. The van der Waals surface area contributed by atoms with Gasteiger partial charge >= 0.3 is 5.97 Å². The van der Waals surface area contributed by atoms with Crippen LogP contribution in [-0.4, -0.2) is 42.7 Å². The second-order valence-electron chi connectivity index (χ2n) is 4.38. The minimum Gasteiger partial charge on any atom is -0.480 e. The number of fused-ring (bicyclic) bond motifs is 3. The van der Waals surface area contributed by atoms with E-state index in [1.54, 1.807) is 24.3 Å². The molecular weight excluding hydrogens is 302 g/mol. The molecule has 0 bridgehead atoms. The van der Waals surface area contributed by atoms with Crippen LogP contribution in [0.15, 0.2) is 29.2 Å². The van der Waals surface area contributed by atoms with Gasteiger partial charge in [0, 0.05) is 17.1 Å². The van der Waals surface area contributed by atoms with E-state index < -0.39 is 27.8 Å². The van der Waals surface area contributed by atoms with Gasteiger partial charge in [-0.05, 0) is 6.07 Å². The summed E-state index contributed by atoms with van der Waals surface area (Å²) in [7, 11) is -2.88. The zero-order chi connectivity index (χ0) is 14.7. The molecule has 1 aliphatic rings. The highest BCUT2D eigenvalue weighted by molar-refractivity contribution is 7.89. The van der Waals surface area contributed by atoms with Gasteiger partial charge in [0.25, 0.3) is 0 Å². The van der Waals surface area contributed by atoms with E-state index in [9.17, 15) is 18.0 Å². The molecule has 6 nitrogen and oxygen atoms in total. The zero-order valence-electron chi connectivity index (χ0n) is 10.2. The van der Waals surface area contributed by atoms with Crippen LogP contribution in [0.2, 0.25) is 0 Å². The molecule has 2 aromatic rings. The fourth-order valence-corrected chi connectivity index (χ4v) is 5.39. The van der Waals surface area contributed by atoms with Gasteiger partial charge in [-0.25, -0.2) is 13.2 Å². The Morgan fingerprint density at radius 3 is 2.65 bits per heavy atom. The first-order valence-corrected chi connectivity index (χ1v) is 7.88. The van der Waals surface area contributed by atoms with Crippen molar-refractivity contribution in [1.29, 1.82) is 0 Å². The molecular formula is C12H9NO5S2. The third-order valence-corrected chi connectivity index (χ3v) is 6.48. The third kappa shape index (κ3) is 1.55. The van der Waals surface area contributed by atoms with Crippen molar-refractivity contribution < 1.29 is 23.1 Å². The molecule has 3 rings (SSSR count). The lowest BCUT2D eigenvalue weighted by Crippen LogP contribution is -2.50. The van der Waals surface area contributed by atoms with Crippen molar-refractivity contribution in [3.63, 3.8) is 0 Å². The average molecular weight is 311 g/mol. The van der Waals surface area contributed by atoms with Crippen LogP contribution in [-0.2, 0) is 14.8 Å². The maximum absolute atomic E-state index is 12.5. The zero-order valence-corrected chi connectivity index (χ0v) is 11.9. The highest BCUT2D eigenvalue weighted by Crippen LogP contribution is 2.40. The predicted molar refractivity (Wildman–Crippen MR) is 72.5 cm³/mol. The average Bonchev–Trinajstić information content (AvgIpc) is 2.77. The van der Waals surface area contributed by atoms with Crippen LogP contribution in [0.1, 0.15) is 9.67 Å². The summed E-state index contributed by atoms with van der Waals surface area (Å²) in [5.41, 5.74) is 0. The number of sulfonamides is 1. The smallest absolute Gasteiger partial charge is 0.330 e. The molecule has 8 heteroatoms. The molecule has 0 saturated carbocycles. The predicted octanol–water partition coefficient (Wildman–Crippen LogP) is 1.17. The topological polar surface area (TPSA) is 91.8 Å². The molecule has 0 saturated heterocycles. The Morgan fingerprint density at radius 1 is 1.35 bits per heavy atom. The van der Waals surface area contributed by atoms with Crippen LogP contribution < -0.4 is 0 Å². The van der Waals surface area contributed by atoms with E-state index in [-0.39, 0.29) is 9.77 Å². The summed E-state index contributed by atoms with van der Waals surface area (Å²) in [6, 6.07) is 5.04. The van der Waals surface area contributed by atoms with Gasteiger partial charge in [0.05, 0.1) is 4.88 Å². The number of carboxylic acid groups (broad SMARTS) is 1. The van der Waals surface area contributed by atoms with Crippen LogP contribution in [0.25, 0.3) is 10.1 Å². The molecule has 0 amide bonds. The Kier molecular flexibility index (Phi) is 2.72. The molecule has 104 valence electrons. The van der Waals surface area contributed by atoms with Crippen LogP contribution in [0, 0.1) is 0 Å². The summed E-state index contributed by atoms with van der Waals surface area (Å²) in [4.78, 5) is 23.3. The Hall–Kier alpha value is -1.77. The third-order valence-electron chi connectivity index (χ3n) is 3.26. The summed E-state index contributed by atoms with van der Waals surface area (Å²) in [6.45, 7) is 0. The largest absolute Gasteiger partial charge is 0.480 e. The molecule has 1 aliphatic heterocycles.